The van der Waals surface area contributed by atoms with Crippen LogP contribution >= 0.6 is 11.8 Å². The third-order valence-corrected chi connectivity index (χ3v) is 4.09. The Kier molecular flexibility index (Phi) is 7.47. The van der Waals surface area contributed by atoms with Crippen LogP contribution in [0.25, 0.3) is 0 Å². The maximum Gasteiger partial charge on any atom is 0.117 e. The highest BCUT2D eigenvalue weighted by atomic mass is 32.2. The molecule has 1 rings (SSSR count). The van der Waals surface area contributed by atoms with E-state index >= 15 is 0 Å². The van der Waals surface area contributed by atoms with Gasteiger partial charge in [-0.1, -0.05) is 0 Å². The molecule has 2 atom stereocenters. The molecule has 1 aromatic heterocycles. The molecule has 0 aliphatic rings. The smallest absolute Gasteiger partial charge is 0.117 e. The molecule has 2 unspecified atom stereocenters. The van der Waals surface area contributed by atoms with Gasteiger partial charge in [0.2, 0.25) is 0 Å². The number of nitrogens with zero attached hydrogens (tertiary/aromatic N) is 1. The number of thioether (sulfide) groups is 1. The molecule has 0 aliphatic heterocycles. The highest BCUT2D eigenvalue weighted by molar-refractivity contribution is 7.98. The Morgan fingerprint density at radius 1 is 1.39 bits per heavy atom. The standard InChI is InChI=1S/C14H26N2OS/c1-12(7-9-18-4)16(3)13(2)10-15-11-14-6-5-8-17-14/h5-6,8,12-13,15H,7,9-11H2,1-4H3. The van der Waals surface area contributed by atoms with E-state index in [2.05, 4.69) is 37.4 Å². The molecule has 0 spiro atoms. The van der Waals surface area contributed by atoms with Gasteiger partial charge in [-0.2, -0.15) is 11.8 Å². The van der Waals surface area contributed by atoms with Crippen LogP contribution in [0, 0.1) is 0 Å². The molecule has 0 saturated heterocycles. The molecule has 0 radical (unpaired) electrons. The molecule has 0 amide bonds. The first-order valence-electron chi connectivity index (χ1n) is 6.59. The van der Waals surface area contributed by atoms with Crippen LogP contribution < -0.4 is 5.32 Å². The second-order valence-electron chi connectivity index (χ2n) is 4.86. The highest BCUT2D eigenvalue weighted by Gasteiger charge is 2.15. The van der Waals surface area contributed by atoms with E-state index in [4.69, 9.17) is 4.42 Å². The normalized spacial score (nSPS) is 14.9. The monoisotopic (exact) mass is 270 g/mol. The minimum Gasteiger partial charge on any atom is -0.468 e. The first kappa shape index (κ1) is 15.6. The molecule has 0 saturated carbocycles. The summed E-state index contributed by atoms with van der Waals surface area (Å²) in [4.78, 5) is 2.45. The van der Waals surface area contributed by atoms with Crippen molar-refractivity contribution in [2.24, 2.45) is 0 Å². The van der Waals surface area contributed by atoms with Gasteiger partial charge in [0.15, 0.2) is 0 Å². The fraction of sp³-hybridized carbons (Fsp3) is 0.714. The Labute approximate surface area is 115 Å². The summed E-state index contributed by atoms with van der Waals surface area (Å²) < 4.78 is 5.30. The summed E-state index contributed by atoms with van der Waals surface area (Å²) >= 11 is 1.92. The van der Waals surface area contributed by atoms with Crippen molar-refractivity contribution < 1.29 is 4.42 Å². The van der Waals surface area contributed by atoms with Gasteiger partial charge < -0.3 is 9.73 Å². The zero-order valence-corrected chi connectivity index (χ0v) is 12.8. The minimum absolute atomic E-state index is 0.539. The van der Waals surface area contributed by atoms with E-state index in [0.29, 0.717) is 12.1 Å². The summed E-state index contributed by atoms with van der Waals surface area (Å²) in [5, 5.41) is 3.44. The lowest BCUT2D eigenvalue weighted by molar-refractivity contribution is 0.188. The van der Waals surface area contributed by atoms with Crippen LogP contribution in [0.3, 0.4) is 0 Å². The Morgan fingerprint density at radius 2 is 2.17 bits per heavy atom. The minimum atomic E-state index is 0.539. The molecule has 3 nitrogen and oxygen atoms in total. The van der Waals surface area contributed by atoms with Crippen molar-refractivity contribution in [1.82, 2.24) is 10.2 Å². The van der Waals surface area contributed by atoms with Crippen molar-refractivity contribution >= 4 is 11.8 Å². The van der Waals surface area contributed by atoms with Crippen LogP contribution in [-0.4, -0.2) is 42.6 Å². The lowest BCUT2D eigenvalue weighted by Crippen LogP contribution is -2.42. The molecule has 18 heavy (non-hydrogen) atoms. The van der Waals surface area contributed by atoms with Crippen molar-refractivity contribution in [3.8, 4) is 0 Å². The third kappa shape index (κ3) is 5.46. The van der Waals surface area contributed by atoms with E-state index in [-0.39, 0.29) is 0 Å². The van der Waals surface area contributed by atoms with Gasteiger partial charge in [-0.25, -0.2) is 0 Å². The van der Waals surface area contributed by atoms with Gasteiger partial charge >= 0.3 is 0 Å². The first-order valence-corrected chi connectivity index (χ1v) is 7.98. The van der Waals surface area contributed by atoms with Gasteiger partial charge in [-0.3, -0.25) is 4.90 Å². The molecular weight excluding hydrogens is 244 g/mol. The maximum absolute atomic E-state index is 5.30. The van der Waals surface area contributed by atoms with Crippen LogP contribution in [0.15, 0.2) is 22.8 Å². The highest BCUT2D eigenvalue weighted by Crippen LogP contribution is 2.09. The zero-order chi connectivity index (χ0) is 13.4. The predicted octanol–water partition coefficient (Wildman–Crippen LogP) is 2.83. The Hall–Kier alpha value is -0.450. The van der Waals surface area contributed by atoms with Crippen LogP contribution in [0.5, 0.6) is 0 Å². The van der Waals surface area contributed by atoms with Crippen LogP contribution in [-0.2, 0) is 6.54 Å². The number of likely N-dealkylation sites (N-methyl/N-ethyl adjacent to an activating group) is 1. The van der Waals surface area contributed by atoms with Crippen molar-refractivity contribution in [2.75, 3.05) is 25.6 Å². The lowest BCUT2D eigenvalue weighted by atomic mass is 10.2. The van der Waals surface area contributed by atoms with Gasteiger partial charge in [-0.15, -0.1) is 0 Å². The third-order valence-electron chi connectivity index (χ3n) is 3.45. The average Bonchev–Trinajstić information content (AvgIpc) is 2.87. The summed E-state index contributed by atoms with van der Waals surface area (Å²) in [5.41, 5.74) is 0. The number of hydrogen-bond acceptors (Lipinski definition) is 4. The molecule has 104 valence electrons. The quantitative estimate of drug-likeness (QED) is 0.747. The number of rotatable bonds is 9. The fourth-order valence-corrected chi connectivity index (χ4v) is 2.46. The SMILES string of the molecule is CSCCC(C)N(C)C(C)CNCc1ccco1. The van der Waals surface area contributed by atoms with Crippen LogP contribution in [0.2, 0.25) is 0 Å². The summed E-state index contributed by atoms with van der Waals surface area (Å²) in [6.07, 6.45) is 5.14. The second kappa shape index (κ2) is 8.62. The van der Waals surface area contributed by atoms with E-state index in [1.165, 1.54) is 12.2 Å². The van der Waals surface area contributed by atoms with E-state index in [1.807, 2.05) is 23.9 Å². The van der Waals surface area contributed by atoms with Crippen LogP contribution in [0.4, 0.5) is 0 Å². The Balaban J connectivity index is 2.20. The van der Waals surface area contributed by atoms with Gasteiger partial charge in [0.05, 0.1) is 12.8 Å². The molecule has 0 bridgehead atoms. The van der Waals surface area contributed by atoms with Crippen molar-refractivity contribution in [2.45, 2.75) is 38.9 Å². The average molecular weight is 270 g/mol. The van der Waals surface area contributed by atoms with Crippen molar-refractivity contribution in [3.05, 3.63) is 24.2 Å². The van der Waals surface area contributed by atoms with Gasteiger partial charge in [0, 0.05) is 18.6 Å². The molecule has 0 aliphatic carbocycles. The summed E-state index contributed by atoms with van der Waals surface area (Å²) in [7, 11) is 2.21. The summed E-state index contributed by atoms with van der Waals surface area (Å²) in [5.74, 6) is 2.23. The van der Waals surface area contributed by atoms with E-state index in [0.717, 1.165) is 18.8 Å². The van der Waals surface area contributed by atoms with E-state index < -0.39 is 0 Å². The number of hydrogen-bond donors (Lipinski definition) is 1. The largest absolute Gasteiger partial charge is 0.468 e. The molecule has 0 aromatic carbocycles. The second-order valence-corrected chi connectivity index (χ2v) is 5.84. The van der Waals surface area contributed by atoms with Crippen molar-refractivity contribution in [1.29, 1.82) is 0 Å². The first-order chi connectivity index (χ1) is 8.65. The number of nitrogens with one attached hydrogen (secondary N) is 1. The van der Waals surface area contributed by atoms with Gasteiger partial charge in [-0.05, 0) is 51.5 Å². The predicted molar refractivity (Wildman–Crippen MR) is 80.1 cm³/mol. The summed E-state index contributed by atoms with van der Waals surface area (Å²) in [6.45, 7) is 6.37. The molecule has 1 N–H and O–H groups in total. The molecular formula is C14H26N2OS. The molecule has 1 aromatic rings. The fourth-order valence-electron chi connectivity index (χ4n) is 1.89. The van der Waals surface area contributed by atoms with E-state index in [9.17, 15) is 0 Å². The van der Waals surface area contributed by atoms with Gasteiger partial charge in [0.25, 0.3) is 0 Å². The summed E-state index contributed by atoms with van der Waals surface area (Å²) in [6, 6.07) is 5.11. The van der Waals surface area contributed by atoms with Crippen molar-refractivity contribution in [3.63, 3.8) is 0 Å². The Bertz CT molecular complexity index is 303. The molecule has 0 fully saturated rings. The topological polar surface area (TPSA) is 28.4 Å². The van der Waals surface area contributed by atoms with Gasteiger partial charge in [0.1, 0.15) is 5.76 Å². The molecule has 1 heterocycles. The van der Waals surface area contributed by atoms with E-state index in [1.54, 1.807) is 6.26 Å². The zero-order valence-electron chi connectivity index (χ0n) is 12.0. The maximum atomic E-state index is 5.30. The van der Waals surface area contributed by atoms with Crippen LogP contribution in [0.1, 0.15) is 26.0 Å². The Morgan fingerprint density at radius 3 is 2.78 bits per heavy atom. The molecule has 4 heteroatoms. The lowest BCUT2D eigenvalue weighted by Gasteiger charge is -2.31. The number of furan rings is 1.